The van der Waals surface area contributed by atoms with E-state index >= 15 is 0 Å². The van der Waals surface area contributed by atoms with Gasteiger partial charge in [0.1, 0.15) is 0 Å². The molecular formula is C25H46O2. The molecule has 0 aliphatic heterocycles. The Balaban J connectivity index is 3.41. The zero-order valence-electron chi connectivity index (χ0n) is 18.7. The highest BCUT2D eigenvalue weighted by atomic mass is 16.5. The van der Waals surface area contributed by atoms with E-state index in [1.165, 1.54) is 51.4 Å². The SMILES string of the molecule is CCCCC/C=C/C/C=C/CCCCCCCC(=O)OCC(C)(C)CCC. The Morgan fingerprint density at radius 2 is 1.37 bits per heavy atom. The second kappa shape index (κ2) is 18.3. The molecule has 0 fully saturated rings. The van der Waals surface area contributed by atoms with Gasteiger partial charge in [0.05, 0.1) is 6.61 Å². The molecule has 0 amide bonds. The fraction of sp³-hybridized carbons (Fsp3) is 0.800. The molecular weight excluding hydrogens is 332 g/mol. The van der Waals surface area contributed by atoms with E-state index in [1.54, 1.807) is 0 Å². The Bertz CT molecular complexity index is 393. The van der Waals surface area contributed by atoms with E-state index in [9.17, 15) is 4.79 Å². The lowest BCUT2D eigenvalue weighted by Crippen LogP contribution is -2.21. The van der Waals surface area contributed by atoms with Gasteiger partial charge in [0.15, 0.2) is 0 Å². The molecule has 27 heavy (non-hydrogen) atoms. The smallest absolute Gasteiger partial charge is 0.305 e. The highest BCUT2D eigenvalue weighted by Gasteiger charge is 2.18. The van der Waals surface area contributed by atoms with Crippen molar-refractivity contribution in [1.82, 2.24) is 0 Å². The predicted molar refractivity (Wildman–Crippen MR) is 119 cm³/mol. The number of esters is 1. The fourth-order valence-corrected chi connectivity index (χ4v) is 3.18. The van der Waals surface area contributed by atoms with E-state index in [0.29, 0.717) is 13.0 Å². The van der Waals surface area contributed by atoms with Crippen LogP contribution in [0.1, 0.15) is 118 Å². The van der Waals surface area contributed by atoms with Gasteiger partial charge in [-0.2, -0.15) is 0 Å². The number of hydrogen-bond donors (Lipinski definition) is 0. The van der Waals surface area contributed by atoms with Gasteiger partial charge in [-0.1, -0.05) is 90.5 Å². The van der Waals surface area contributed by atoms with Crippen molar-refractivity contribution < 1.29 is 9.53 Å². The van der Waals surface area contributed by atoms with Crippen molar-refractivity contribution in [2.75, 3.05) is 6.61 Å². The summed E-state index contributed by atoms with van der Waals surface area (Å²) < 4.78 is 5.42. The molecule has 0 aliphatic rings. The molecule has 0 saturated heterocycles. The molecule has 0 radical (unpaired) electrons. The maximum atomic E-state index is 11.8. The summed E-state index contributed by atoms with van der Waals surface area (Å²) in [4.78, 5) is 11.8. The number of carbonyl (C=O) groups is 1. The Labute approximate surface area is 169 Å². The first-order chi connectivity index (χ1) is 13.0. The van der Waals surface area contributed by atoms with Gasteiger partial charge in [0.2, 0.25) is 0 Å². The van der Waals surface area contributed by atoms with E-state index in [4.69, 9.17) is 4.74 Å². The number of allylic oxidation sites excluding steroid dienone is 4. The molecule has 0 atom stereocenters. The van der Waals surface area contributed by atoms with Gasteiger partial charge < -0.3 is 4.74 Å². The number of unbranched alkanes of at least 4 members (excludes halogenated alkanes) is 8. The van der Waals surface area contributed by atoms with Crippen molar-refractivity contribution in [3.8, 4) is 0 Å². The Morgan fingerprint density at radius 1 is 0.778 bits per heavy atom. The first-order valence-corrected chi connectivity index (χ1v) is 11.5. The second-order valence-electron chi connectivity index (χ2n) is 8.56. The van der Waals surface area contributed by atoms with Crippen molar-refractivity contribution in [3.63, 3.8) is 0 Å². The minimum atomic E-state index is -0.0233. The zero-order valence-corrected chi connectivity index (χ0v) is 18.7. The first kappa shape index (κ1) is 26.0. The summed E-state index contributed by atoms with van der Waals surface area (Å²) in [5, 5.41) is 0. The molecule has 0 spiro atoms. The fourth-order valence-electron chi connectivity index (χ4n) is 3.18. The Hall–Kier alpha value is -1.05. The summed E-state index contributed by atoms with van der Waals surface area (Å²) in [6, 6.07) is 0. The Morgan fingerprint density at radius 3 is 2.00 bits per heavy atom. The lowest BCUT2D eigenvalue weighted by Gasteiger charge is -2.23. The molecule has 0 unspecified atom stereocenters. The molecule has 0 saturated carbocycles. The molecule has 2 nitrogen and oxygen atoms in total. The van der Waals surface area contributed by atoms with E-state index in [1.807, 2.05) is 0 Å². The van der Waals surface area contributed by atoms with Crippen LogP contribution >= 0.6 is 0 Å². The van der Waals surface area contributed by atoms with Crippen molar-refractivity contribution >= 4 is 5.97 Å². The third-order valence-corrected chi connectivity index (χ3v) is 4.88. The van der Waals surface area contributed by atoms with Gasteiger partial charge in [-0.3, -0.25) is 4.79 Å². The number of ether oxygens (including phenoxy) is 1. The normalized spacial score (nSPS) is 12.3. The molecule has 0 rings (SSSR count). The van der Waals surface area contributed by atoms with Gasteiger partial charge in [-0.15, -0.1) is 0 Å². The molecule has 0 aromatic rings. The quantitative estimate of drug-likeness (QED) is 0.136. The van der Waals surface area contributed by atoms with E-state index < -0.39 is 0 Å². The lowest BCUT2D eigenvalue weighted by molar-refractivity contribution is -0.147. The average Bonchev–Trinajstić information content (AvgIpc) is 2.63. The molecule has 0 N–H and O–H groups in total. The van der Waals surface area contributed by atoms with Crippen LogP contribution in [0.4, 0.5) is 0 Å². The molecule has 0 aromatic heterocycles. The van der Waals surface area contributed by atoms with Crippen LogP contribution in [0.3, 0.4) is 0 Å². The maximum Gasteiger partial charge on any atom is 0.305 e. The number of carbonyl (C=O) groups excluding carboxylic acids is 1. The Kier molecular flexibility index (Phi) is 17.6. The summed E-state index contributed by atoms with van der Waals surface area (Å²) in [7, 11) is 0. The van der Waals surface area contributed by atoms with Gasteiger partial charge in [0.25, 0.3) is 0 Å². The van der Waals surface area contributed by atoms with Crippen LogP contribution in [-0.4, -0.2) is 12.6 Å². The van der Waals surface area contributed by atoms with Gasteiger partial charge in [0, 0.05) is 6.42 Å². The molecule has 2 heteroatoms. The zero-order chi connectivity index (χ0) is 20.2. The minimum Gasteiger partial charge on any atom is -0.465 e. The summed E-state index contributed by atoms with van der Waals surface area (Å²) in [5.74, 6) is -0.0233. The van der Waals surface area contributed by atoms with Crippen molar-refractivity contribution in [2.24, 2.45) is 5.41 Å². The second-order valence-corrected chi connectivity index (χ2v) is 8.56. The van der Waals surface area contributed by atoms with E-state index in [0.717, 1.165) is 32.1 Å². The predicted octanol–water partition coefficient (Wildman–Crippen LogP) is 8.17. The molecule has 158 valence electrons. The number of hydrogen-bond acceptors (Lipinski definition) is 2. The standard InChI is InChI=1S/C25H46O2/c1-5-7-8-9-10-11-12-13-14-15-16-17-18-19-20-21-24(26)27-23-25(3,4)22-6-2/h10-11,13-14H,5-9,12,15-23H2,1-4H3/b11-10+,14-13+. The first-order valence-electron chi connectivity index (χ1n) is 11.5. The lowest BCUT2D eigenvalue weighted by atomic mass is 9.89. The monoisotopic (exact) mass is 378 g/mol. The average molecular weight is 379 g/mol. The van der Waals surface area contributed by atoms with Crippen molar-refractivity contribution in [3.05, 3.63) is 24.3 Å². The topological polar surface area (TPSA) is 26.3 Å². The van der Waals surface area contributed by atoms with Gasteiger partial charge in [-0.25, -0.2) is 0 Å². The summed E-state index contributed by atoms with van der Waals surface area (Å²) in [6.45, 7) is 9.31. The van der Waals surface area contributed by atoms with Crippen LogP contribution in [0, 0.1) is 5.41 Å². The molecule has 0 aromatic carbocycles. The highest BCUT2D eigenvalue weighted by Crippen LogP contribution is 2.22. The number of rotatable bonds is 18. The van der Waals surface area contributed by atoms with Gasteiger partial charge in [-0.05, 0) is 50.4 Å². The van der Waals surface area contributed by atoms with Crippen molar-refractivity contribution in [2.45, 2.75) is 118 Å². The van der Waals surface area contributed by atoms with E-state index in [-0.39, 0.29) is 11.4 Å². The van der Waals surface area contributed by atoms with E-state index in [2.05, 4.69) is 52.0 Å². The molecule has 0 heterocycles. The molecule has 0 aliphatic carbocycles. The van der Waals surface area contributed by atoms with Gasteiger partial charge >= 0.3 is 5.97 Å². The van der Waals surface area contributed by atoms with Crippen LogP contribution in [0.25, 0.3) is 0 Å². The van der Waals surface area contributed by atoms with Crippen LogP contribution in [0.5, 0.6) is 0 Å². The van der Waals surface area contributed by atoms with Crippen LogP contribution in [0.15, 0.2) is 24.3 Å². The largest absolute Gasteiger partial charge is 0.465 e. The highest BCUT2D eigenvalue weighted by molar-refractivity contribution is 5.69. The summed E-state index contributed by atoms with van der Waals surface area (Å²) in [6.07, 6.45) is 25.3. The third-order valence-electron chi connectivity index (χ3n) is 4.88. The third kappa shape index (κ3) is 19.5. The minimum absolute atomic E-state index is 0.0233. The maximum absolute atomic E-state index is 11.8. The van der Waals surface area contributed by atoms with Crippen LogP contribution in [0.2, 0.25) is 0 Å². The summed E-state index contributed by atoms with van der Waals surface area (Å²) >= 11 is 0. The van der Waals surface area contributed by atoms with Crippen LogP contribution < -0.4 is 0 Å². The summed E-state index contributed by atoms with van der Waals surface area (Å²) in [5.41, 5.74) is 0.114. The molecule has 0 bridgehead atoms. The van der Waals surface area contributed by atoms with Crippen molar-refractivity contribution in [1.29, 1.82) is 0 Å². The van der Waals surface area contributed by atoms with Crippen LogP contribution in [-0.2, 0) is 9.53 Å².